The van der Waals surface area contributed by atoms with Gasteiger partial charge in [0.25, 0.3) is 0 Å². The zero-order chi connectivity index (χ0) is 15.1. The van der Waals surface area contributed by atoms with Gasteiger partial charge in [-0.1, -0.05) is 17.7 Å². The van der Waals surface area contributed by atoms with Crippen molar-refractivity contribution in [1.82, 2.24) is 4.31 Å². The SMILES string of the molecule is O=C(O)C1(O)CN(S(=O)(=O)Cc2c(F)cccc2Cl)C1. The predicted molar refractivity (Wildman–Crippen MR) is 68.2 cm³/mol. The molecule has 1 fully saturated rings. The molecule has 110 valence electrons. The van der Waals surface area contributed by atoms with Crippen molar-refractivity contribution in [2.75, 3.05) is 13.1 Å². The monoisotopic (exact) mass is 323 g/mol. The topological polar surface area (TPSA) is 94.9 Å². The van der Waals surface area contributed by atoms with Gasteiger partial charge in [-0.15, -0.1) is 0 Å². The summed E-state index contributed by atoms with van der Waals surface area (Å²) in [4.78, 5) is 10.7. The van der Waals surface area contributed by atoms with Crippen LogP contribution in [0.2, 0.25) is 5.02 Å². The molecule has 0 amide bonds. The standard InChI is InChI=1S/C11H11ClFNO5S/c12-8-2-1-3-9(13)7(8)4-20(18,19)14-5-11(17,6-14)10(15)16/h1-3,17H,4-6H2,(H,15,16). The van der Waals surface area contributed by atoms with E-state index in [1.807, 2.05) is 0 Å². The number of carboxylic acids is 1. The Morgan fingerprint density at radius 3 is 2.55 bits per heavy atom. The molecule has 2 rings (SSSR count). The van der Waals surface area contributed by atoms with Crippen molar-refractivity contribution in [2.24, 2.45) is 0 Å². The highest BCUT2D eigenvalue weighted by Gasteiger charge is 2.52. The molecule has 0 saturated carbocycles. The van der Waals surface area contributed by atoms with Gasteiger partial charge in [-0.3, -0.25) is 0 Å². The van der Waals surface area contributed by atoms with Crippen LogP contribution < -0.4 is 0 Å². The first kappa shape index (κ1) is 15.2. The Morgan fingerprint density at radius 2 is 2.05 bits per heavy atom. The molecule has 0 unspecified atom stereocenters. The second-order valence-corrected chi connectivity index (χ2v) is 6.94. The van der Waals surface area contributed by atoms with Crippen molar-refractivity contribution >= 4 is 27.6 Å². The average Bonchev–Trinajstić information content (AvgIpc) is 2.29. The number of rotatable bonds is 4. The van der Waals surface area contributed by atoms with Gasteiger partial charge in [-0.2, -0.15) is 4.31 Å². The van der Waals surface area contributed by atoms with Crippen LogP contribution in [0.15, 0.2) is 18.2 Å². The van der Waals surface area contributed by atoms with Gasteiger partial charge in [0.05, 0.1) is 18.8 Å². The summed E-state index contributed by atoms with van der Waals surface area (Å²) in [6, 6.07) is 3.79. The van der Waals surface area contributed by atoms with Crippen molar-refractivity contribution < 1.29 is 27.8 Å². The number of carbonyl (C=O) groups is 1. The van der Waals surface area contributed by atoms with Crippen molar-refractivity contribution in [3.8, 4) is 0 Å². The summed E-state index contributed by atoms with van der Waals surface area (Å²) in [5, 5.41) is 18.2. The molecule has 1 saturated heterocycles. The Kier molecular flexibility index (Phi) is 3.76. The Morgan fingerprint density at radius 1 is 1.45 bits per heavy atom. The molecule has 1 heterocycles. The van der Waals surface area contributed by atoms with Crippen LogP contribution in [0.5, 0.6) is 0 Å². The molecule has 0 aliphatic carbocycles. The Balaban J connectivity index is 2.16. The molecule has 6 nitrogen and oxygen atoms in total. The maximum absolute atomic E-state index is 13.5. The molecule has 20 heavy (non-hydrogen) atoms. The highest BCUT2D eigenvalue weighted by Crippen LogP contribution is 2.28. The molecule has 0 radical (unpaired) electrons. The number of nitrogens with zero attached hydrogens (tertiary/aromatic N) is 1. The average molecular weight is 324 g/mol. The van der Waals surface area contributed by atoms with Gasteiger partial charge in [0.15, 0.2) is 5.60 Å². The van der Waals surface area contributed by atoms with Crippen LogP contribution in [0.4, 0.5) is 4.39 Å². The molecular formula is C11H11ClFNO5S. The van der Waals surface area contributed by atoms with Crippen LogP contribution in [0, 0.1) is 5.82 Å². The first-order valence-electron chi connectivity index (χ1n) is 5.52. The maximum Gasteiger partial charge on any atom is 0.338 e. The van der Waals surface area contributed by atoms with Gasteiger partial charge >= 0.3 is 5.97 Å². The van der Waals surface area contributed by atoms with E-state index in [9.17, 15) is 22.7 Å². The second-order valence-electron chi connectivity index (χ2n) is 4.56. The van der Waals surface area contributed by atoms with Crippen LogP contribution in [0.25, 0.3) is 0 Å². The molecule has 9 heteroatoms. The first-order valence-corrected chi connectivity index (χ1v) is 7.51. The lowest BCUT2D eigenvalue weighted by Gasteiger charge is -2.42. The van der Waals surface area contributed by atoms with Gasteiger partial charge in [0.1, 0.15) is 5.82 Å². The number of benzene rings is 1. The fourth-order valence-corrected chi connectivity index (χ4v) is 3.78. The number of aliphatic hydroxyl groups is 1. The summed E-state index contributed by atoms with van der Waals surface area (Å²) >= 11 is 5.74. The zero-order valence-corrected chi connectivity index (χ0v) is 11.7. The molecule has 0 bridgehead atoms. The number of carboxylic acid groups (broad SMARTS) is 1. The lowest BCUT2D eigenvalue weighted by Crippen LogP contribution is -2.67. The van der Waals surface area contributed by atoms with Gasteiger partial charge in [-0.05, 0) is 12.1 Å². The van der Waals surface area contributed by atoms with E-state index in [-0.39, 0.29) is 10.6 Å². The molecule has 1 aromatic carbocycles. The molecule has 0 spiro atoms. The van der Waals surface area contributed by atoms with Gasteiger partial charge < -0.3 is 10.2 Å². The van der Waals surface area contributed by atoms with Crippen molar-refractivity contribution in [1.29, 1.82) is 0 Å². The molecular weight excluding hydrogens is 313 g/mol. The molecule has 1 aliphatic heterocycles. The third-order valence-electron chi connectivity index (χ3n) is 3.06. The minimum Gasteiger partial charge on any atom is -0.479 e. The zero-order valence-electron chi connectivity index (χ0n) is 10.1. The van der Waals surface area contributed by atoms with Crippen LogP contribution in [-0.4, -0.2) is 47.6 Å². The number of β-amino-alcohol motifs (C(OH)–C–C–N with tert-alkyl or cyclic N) is 1. The van der Waals surface area contributed by atoms with Crippen molar-refractivity contribution in [3.05, 3.63) is 34.6 Å². The van der Waals surface area contributed by atoms with E-state index in [1.54, 1.807) is 0 Å². The largest absolute Gasteiger partial charge is 0.479 e. The van der Waals surface area contributed by atoms with Gasteiger partial charge in [0, 0.05) is 10.6 Å². The van der Waals surface area contributed by atoms with Crippen LogP contribution in [-0.2, 0) is 20.6 Å². The quantitative estimate of drug-likeness (QED) is 0.838. The van der Waals surface area contributed by atoms with Crippen LogP contribution in [0.1, 0.15) is 5.56 Å². The number of sulfonamides is 1. The predicted octanol–water partition coefficient (Wildman–Crippen LogP) is 0.440. The second kappa shape index (κ2) is 4.96. The summed E-state index contributed by atoms with van der Waals surface area (Å²) < 4.78 is 38.3. The Bertz CT molecular complexity index is 637. The van der Waals surface area contributed by atoms with Crippen molar-refractivity contribution in [3.63, 3.8) is 0 Å². The summed E-state index contributed by atoms with van der Waals surface area (Å²) in [5.41, 5.74) is -2.26. The maximum atomic E-state index is 13.5. The van der Waals surface area contributed by atoms with E-state index >= 15 is 0 Å². The minimum absolute atomic E-state index is 0.0254. The lowest BCUT2D eigenvalue weighted by molar-refractivity contribution is -0.170. The van der Waals surface area contributed by atoms with E-state index in [4.69, 9.17) is 16.7 Å². The minimum atomic E-state index is -3.94. The van der Waals surface area contributed by atoms with E-state index < -0.39 is 46.3 Å². The molecule has 0 aromatic heterocycles. The van der Waals surface area contributed by atoms with E-state index in [0.29, 0.717) is 0 Å². The van der Waals surface area contributed by atoms with E-state index in [1.165, 1.54) is 12.1 Å². The van der Waals surface area contributed by atoms with Crippen LogP contribution >= 0.6 is 11.6 Å². The molecule has 1 aromatic rings. The smallest absolute Gasteiger partial charge is 0.338 e. The van der Waals surface area contributed by atoms with Gasteiger partial charge in [0.2, 0.25) is 10.0 Å². The number of hydrogen-bond donors (Lipinski definition) is 2. The van der Waals surface area contributed by atoms with Crippen molar-refractivity contribution in [2.45, 2.75) is 11.4 Å². The summed E-state index contributed by atoms with van der Waals surface area (Å²) in [5.74, 6) is -2.93. The number of aliphatic carboxylic acids is 1. The highest BCUT2D eigenvalue weighted by molar-refractivity contribution is 7.88. The summed E-state index contributed by atoms with van der Waals surface area (Å²) in [7, 11) is -3.94. The highest BCUT2D eigenvalue weighted by atomic mass is 35.5. The molecule has 1 aliphatic rings. The summed E-state index contributed by atoms with van der Waals surface area (Å²) in [6.07, 6.45) is 0. The van der Waals surface area contributed by atoms with E-state index in [0.717, 1.165) is 10.4 Å². The number of halogens is 2. The molecule has 2 N–H and O–H groups in total. The Hall–Kier alpha value is -1.22. The Labute approximate surface area is 119 Å². The van der Waals surface area contributed by atoms with Crippen LogP contribution in [0.3, 0.4) is 0 Å². The third kappa shape index (κ3) is 2.64. The normalized spacial score (nSPS) is 18.6. The fraction of sp³-hybridized carbons (Fsp3) is 0.364. The lowest BCUT2D eigenvalue weighted by atomic mass is 9.98. The first-order chi connectivity index (χ1) is 9.16. The van der Waals surface area contributed by atoms with E-state index in [2.05, 4.69) is 0 Å². The fourth-order valence-electron chi connectivity index (χ4n) is 1.81. The number of hydrogen-bond acceptors (Lipinski definition) is 4. The third-order valence-corrected chi connectivity index (χ3v) is 5.11. The molecule has 0 atom stereocenters. The van der Waals surface area contributed by atoms with Gasteiger partial charge in [-0.25, -0.2) is 17.6 Å². The summed E-state index contributed by atoms with van der Waals surface area (Å²) in [6.45, 7) is -1.12.